The standard InChI is InChI=1S/C42H40Br2/c1-3-5-7-9-11-31-13-17-33(18-14-31)21-25-37-39-27-23-36(44)30-42(39)38(40-28-24-35(43)29-41(37)40)26-22-34-19-15-32(16-20-34)12-10-8-6-4-2/h13-20,23-24,27-30H,3-12H2,1-2H3. The molecule has 0 radical (unpaired) electrons. The topological polar surface area (TPSA) is 0 Å². The van der Waals surface area contributed by atoms with Crippen LogP contribution in [0.15, 0.2) is 93.9 Å². The van der Waals surface area contributed by atoms with Crippen LogP contribution in [0, 0.1) is 23.7 Å². The fourth-order valence-electron chi connectivity index (χ4n) is 5.73. The third-order valence-corrected chi connectivity index (χ3v) is 9.24. The number of fused-ring (bicyclic) bond motifs is 2. The fraction of sp³-hybridized carbons (Fsp3) is 0.286. The molecular formula is C42H40Br2. The van der Waals surface area contributed by atoms with Gasteiger partial charge in [-0.25, -0.2) is 0 Å². The zero-order valence-corrected chi connectivity index (χ0v) is 29.1. The van der Waals surface area contributed by atoms with Gasteiger partial charge in [0.1, 0.15) is 0 Å². The summed E-state index contributed by atoms with van der Waals surface area (Å²) in [6.45, 7) is 4.52. The average Bonchev–Trinajstić information content (AvgIpc) is 3.04. The molecule has 5 aromatic rings. The van der Waals surface area contributed by atoms with Gasteiger partial charge in [-0.05, 0) is 96.1 Å². The minimum absolute atomic E-state index is 1.03. The van der Waals surface area contributed by atoms with Gasteiger partial charge in [-0.1, -0.05) is 144 Å². The molecule has 222 valence electrons. The van der Waals surface area contributed by atoms with Crippen LogP contribution in [-0.2, 0) is 12.8 Å². The van der Waals surface area contributed by atoms with Crippen LogP contribution in [0.3, 0.4) is 0 Å². The van der Waals surface area contributed by atoms with Crippen molar-refractivity contribution in [2.24, 2.45) is 0 Å². The minimum Gasteiger partial charge on any atom is -0.0654 e. The van der Waals surface area contributed by atoms with Crippen LogP contribution in [-0.4, -0.2) is 0 Å². The number of aryl methyl sites for hydroxylation is 2. The Morgan fingerprint density at radius 2 is 0.841 bits per heavy atom. The van der Waals surface area contributed by atoms with Crippen molar-refractivity contribution in [1.82, 2.24) is 0 Å². The van der Waals surface area contributed by atoms with E-state index in [4.69, 9.17) is 0 Å². The highest BCUT2D eigenvalue weighted by molar-refractivity contribution is 9.10. The molecule has 0 N–H and O–H groups in total. The Morgan fingerprint density at radius 1 is 0.432 bits per heavy atom. The van der Waals surface area contributed by atoms with Crippen molar-refractivity contribution < 1.29 is 0 Å². The molecule has 0 bridgehead atoms. The zero-order chi connectivity index (χ0) is 30.7. The van der Waals surface area contributed by atoms with Crippen molar-refractivity contribution in [3.63, 3.8) is 0 Å². The van der Waals surface area contributed by atoms with E-state index < -0.39 is 0 Å². The van der Waals surface area contributed by atoms with Gasteiger partial charge in [-0.3, -0.25) is 0 Å². The van der Waals surface area contributed by atoms with Gasteiger partial charge in [-0.2, -0.15) is 0 Å². The van der Waals surface area contributed by atoms with Gasteiger partial charge >= 0.3 is 0 Å². The normalized spacial score (nSPS) is 10.8. The molecular weight excluding hydrogens is 664 g/mol. The molecule has 0 atom stereocenters. The Hall–Kier alpha value is -3.30. The smallest absolute Gasteiger partial charge is 0.0407 e. The summed E-state index contributed by atoms with van der Waals surface area (Å²) >= 11 is 7.44. The van der Waals surface area contributed by atoms with Crippen LogP contribution in [0.5, 0.6) is 0 Å². The molecule has 5 rings (SSSR count). The molecule has 0 amide bonds. The Morgan fingerprint density at radius 3 is 1.23 bits per heavy atom. The van der Waals surface area contributed by atoms with Crippen LogP contribution in [0.4, 0.5) is 0 Å². The van der Waals surface area contributed by atoms with Gasteiger partial charge in [0, 0.05) is 42.0 Å². The first kappa shape index (κ1) is 32.1. The summed E-state index contributed by atoms with van der Waals surface area (Å²) in [4.78, 5) is 0. The van der Waals surface area contributed by atoms with E-state index in [1.54, 1.807) is 0 Å². The first-order valence-corrected chi connectivity index (χ1v) is 17.7. The monoisotopic (exact) mass is 702 g/mol. The third kappa shape index (κ3) is 8.45. The Balaban J connectivity index is 1.51. The molecule has 0 unspecified atom stereocenters. The first-order chi connectivity index (χ1) is 21.6. The fourth-order valence-corrected chi connectivity index (χ4v) is 6.45. The predicted octanol–water partition coefficient (Wildman–Crippen LogP) is 12.6. The van der Waals surface area contributed by atoms with Crippen LogP contribution < -0.4 is 0 Å². The average molecular weight is 705 g/mol. The molecule has 0 fully saturated rings. The number of hydrogen-bond acceptors (Lipinski definition) is 0. The summed E-state index contributed by atoms with van der Waals surface area (Å²) in [6.07, 6.45) is 12.5. The van der Waals surface area contributed by atoms with Crippen molar-refractivity contribution in [3.05, 3.63) is 127 Å². The molecule has 0 aliphatic rings. The Labute approximate surface area is 280 Å². The Bertz CT molecular complexity index is 1700. The van der Waals surface area contributed by atoms with E-state index >= 15 is 0 Å². The summed E-state index contributed by atoms with van der Waals surface area (Å²) in [5.41, 5.74) is 6.92. The third-order valence-electron chi connectivity index (χ3n) is 8.25. The number of hydrogen-bond donors (Lipinski definition) is 0. The van der Waals surface area contributed by atoms with Crippen molar-refractivity contribution in [2.75, 3.05) is 0 Å². The zero-order valence-electron chi connectivity index (χ0n) is 25.9. The molecule has 0 nitrogen and oxygen atoms in total. The molecule has 0 heterocycles. The summed E-state index contributed by atoms with van der Waals surface area (Å²) < 4.78 is 2.07. The van der Waals surface area contributed by atoms with Crippen molar-refractivity contribution >= 4 is 53.4 Å². The number of halogens is 2. The maximum atomic E-state index is 3.72. The van der Waals surface area contributed by atoms with Gasteiger partial charge in [0.15, 0.2) is 0 Å². The predicted molar refractivity (Wildman–Crippen MR) is 197 cm³/mol. The van der Waals surface area contributed by atoms with E-state index in [1.165, 1.54) is 62.5 Å². The van der Waals surface area contributed by atoms with Crippen LogP contribution >= 0.6 is 31.9 Å². The van der Waals surface area contributed by atoms with Gasteiger partial charge in [-0.15, -0.1) is 0 Å². The quantitative estimate of drug-likeness (QED) is 0.0771. The largest absolute Gasteiger partial charge is 0.0654 e. The lowest BCUT2D eigenvalue weighted by Gasteiger charge is -2.12. The molecule has 5 aromatic carbocycles. The van der Waals surface area contributed by atoms with Crippen LogP contribution in [0.2, 0.25) is 0 Å². The number of benzene rings is 5. The maximum Gasteiger partial charge on any atom is 0.0407 e. The van der Waals surface area contributed by atoms with E-state index in [1.807, 2.05) is 0 Å². The SMILES string of the molecule is CCCCCCc1ccc(C#Cc2c3ccc(Br)cc3c(C#Cc3ccc(CCCCCC)cc3)c3ccc(Br)cc23)cc1. The molecule has 0 saturated carbocycles. The first-order valence-electron chi connectivity index (χ1n) is 16.1. The highest BCUT2D eigenvalue weighted by Gasteiger charge is 2.13. The molecule has 0 saturated heterocycles. The lowest BCUT2D eigenvalue weighted by molar-refractivity contribution is 0.667. The molecule has 2 heteroatoms. The lowest BCUT2D eigenvalue weighted by Crippen LogP contribution is -1.92. The van der Waals surface area contributed by atoms with Crippen molar-refractivity contribution in [3.8, 4) is 23.7 Å². The van der Waals surface area contributed by atoms with E-state index in [-0.39, 0.29) is 0 Å². The van der Waals surface area contributed by atoms with Crippen LogP contribution in [0.25, 0.3) is 21.5 Å². The lowest BCUT2D eigenvalue weighted by atomic mass is 9.91. The van der Waals surface area contributed by atoms with Crippen molar-refractivity contribution in [1.29, 1.82) is 0 Å². The number of rotatable bonds is 10. The van der Waals surface area contributed by atoms with Crippen molar-refractivity contribution in [2.45, 2.75) is 78.1 Å². The van der Waals surface area contributed by atoms with Gasteiger partial charge in [0.2, 0.25) is 0 Å². The molecule has 0 aliphatic heterocycles. The van der Waals surface area contributed by atoms with Crippen LogP contribution in [0.1, 0.15) is 98.6 Å². The summed E-state index contributed by atoms with van der Waals surface area (Å²) in [6, 6.07) is 30.5. The highest BCUT2D eigenvalue weighted by atomic mass is 79.9. The van der Waals surface area contributed by atoms with E-state index in [0.717, 1.165) is 65.6 Å². The summed E-state index contributed by atoms with van der Waals surface area (Å²) in [5, 5.41) is 4.46. The van der Waals surface area contributed by atoms with Gasteiger partial charge in [0.25, 0.3) is 0 Å². The van der Waals surface area contributed by atoms with Gasteiger partial charge in [0.05, 0.1) is 0 Å². The summed E-state index contributed by atoms with van der Waals surface area (Å²) in [5.74, 6) is 14.1. The molecule has 0 spiro atoms. The maximum absolute atomic E-state index is 3.72. The second-order valence-corrected chi connectivity index (χ2v) is 13.5. The second kappa shape index (κ2) is 16.1. The van der Waals surface area contributed by atoms with E-state index in [9.17, 15) is 0 Å². The van der Waals surface area contributed by atoms with E-state index in [0.29, 0.717) is 0 Å². The molecule has 44 heavy (non-hydrogen) atoms. The molecule has 0 aliphatic carbocycles. The highest BCUT2D eigenvalue weighted by Crippen LogP contribution is 2.35. The minimum atomic E-state index is 1.03. The summed E-state index contributed by atoms with van der Waals surface area (Å²) in [7, 11) is 0. The second-order valence-electron chi connectivity index (χ2n) is 11.6. The van der Waals surface area contributed by atoms with Gasteiger partial charge < -0.3 is 0 Å². The Kier molecular flexibility index (Phi) is 11.8. The molecule has 0 aromatic heterocycles. The number of unbranched alkanes of at least 4 members (excludes halogenated alkanes) is 6. The van der Waals surface area contributed by atoms with E-state index in [2.05, 4.69) is 154 Å².